The number of anilines is 1. The van der Waals surface area contributed by atoms with E-state index < -0.39 is 0 Å². The van der Waals surface area contributed by atoms with Gasteiger partial charge < -0.3 is 10.6 Å². The monoisotopic (exact) mass is 410 g/mol. The molecule has 5 heteroatoms. The summed E-state index contributed by atoms with van der Waals surface area (Å²) in [5, 5.41) is 6.06. The largest absolute Gasteiger partial charge is 0.373 e. The van der Waals surface area contributed by atoms with Crippen molar-refractivity contribution in [3.8, 4) is 0 Å². The van der Waals surface area contributed by atoms with E-state index in [0.29, 0.717) is 0 Å². The highest BCUT2D eigenvalue weighted by atomic mass is 127. The first kappa shape index (κ1) is 14.8. The van der Waals surface area contributed by atoms with Crippen molar-refractivity contribution in [3.63, 3.8) is 0 Å². The Morgan fingerprint density at radius 3 is 2.53 bits per heavy atom. The fourth-order valence-electron chi connectivity index (χ4n) is 1.31. The molecule has 0 aromatic heterocycles. The molecule has 3 nitrogen and oxygen atoms in total. The van der Waals surface area contributed by atoms with Crippen molar-refractivity contribution in [2.24, 2.45) is 0 Å². The lowest BCUT2D eigenvalue weighted by atomic mass is 10.2. The molecule has 0 aliphatic carbocycles. The molecule has 2 N–H and O–H groups in total. The molecule has 94 valence electrons. The molecule has 0 fully saturated rings. The third-order valence-electron chi connectivity index (χ3n) is 2.13. The highest BCUT2D eigenvalue weighted by Crippen LogP contribution is 2.24. The summed E-state index contributed by atoms with van der Waals surface area (Å²) >= 11 is 5.72. The van der Waals surface area contributed by atoms with Crippen LogP contribution >= 0.6 is 38.5 Å². The number of hydrogen-bond acceptors (Lipinski definition) is 2. The lowest BCUT2D eigenvalue weighted by Crippen LogP contribution is -2.41. The second-order valence-electron chi connectivity index (χ2n) is 4.15. The predicted molar refractivity (Wildman–Crippen MR) is 83.2 cm³/mol. The van der Waals surface area contributed by atoms with Crippen LogP contribution in [0.2, 0.25) is 0 Å². The van der Waals surface area contributed by atoms with E-state index in [1.165, 1.54) is 0 Å². The third kappa shape index (κ3) is 4.83. The average molecular weight is 411 g/mol. The molecule has 1 aromatic rings. The van der Waals surface area contributed by atoms with E-state index in [4.69, 9.17) is 0 Å². The summed E-state index contributed by atoms with van der Waals surface area (Å²) in [5.74, 6) is 0.00505. The maximum atomic E-state index is 11.7. The van der Waals surface area contributed by atoms with Gasteiger partial charge in [-0.1, -0.05) is 0 Å². The van der Waals surface area contributed by atoms with Gasteiger partial charge in [-0.05, 0) is 77.5 Å². The molecule has 0 bridgehead atoms. The second-order valence-corrected chi connectivity index (χ2v) is 6.25. The molecule has 0 aliphatic rings. The fourth-order valence-corrected chi connectivity index (χ4v) is 2.73. The molecule has 0 saturated carbocycles. The summed E-state index contributed by atoms with van der Waals surface area (Å²) in [6, 6.07) is 5.88. The third-order valence-corrected chi connectivity index (χ3v) is 3.45. The first-order valence-corrected chi connectivity index (χ1v) is 7.29. The first-order valence-electron chi connectivity index (χ1n) is 5.42. The number of carbonyl (C=O) groups excluding carboxylic acids is 1. The lowest BCUT2D eigenvalue weighted by molar-refractivity contribution is -0.122. The van der Waals surface area contributed by atoms with Gasteiger partial charge in [0.05, 0.1) is 0 Å². The molecule has 0 heterocycles. The number of amides is 1. The minimum absolute atomic E-state index is 0.00505. The van der Waals surface area contributed by atoms with Gasteiger partial charge in [0.15, 0.2) is 0 Å². The molecule has 1 aromatic carbocycles. The van der Waals surface area contributed by atoms with Crippen LogP contribution in [0.3, 0.4) is 0 Å². The number of nitrogens with one attached hydrogen (secondary N) is 2. The number of halogens is 2. The SMILES string of the molecule is CC(C)NC(=O)C(C)Nc1ccc(I)cc1Br. The minimum Gasteiger partial charge on any atom is -0.373 e. The van der Waals surface area contributed by atoms with Gasteiger partial charge >= 0.3 is 0 Å². The fraction of sp³-hybridized carbons (Fsp3) is 0.417. The highest BCUT2D eigenvalue weighted by Gasteiger charge is 2.14. The first-order chi connectivity index (χ1) is 7.90. The summed E-state index contributed by atoms with van der Waals surface area (Å²) in [6.07, 6.45) is 0. The van der Waals surface area contributed by atoms with Crippen LogP contribution in [-0.4, -0.2) is 18.0 Å². The van der Waals surface area contributed by atoms with Gasteiger partial charge in [-0.25, -0.2) is 0 Å². The Balaban J connectivity index is 2.67. The quantitative estimate of drug-likeness (QED) is 0.747. The van der Waals surface area contributed by atoms with Crippen LogP contribution in [0.5, 0.6) is 0 Å². The molecule has 0 aliphatic heterocycles. The summed E-state index contributed by atoms with van der Waals surface area (Å²) in [4.78, 5) is 11.7. The van der Waals surface area contributed by atoms with Crippen LogP contribution in [0.1, 0.15) is 20.8 Å². The standard InChI is InChI=1S/C12H16BrIN2O/c1-7(2)15-12(17)8(3)16-11-5-4-9(14)6-10(11)13/h4-8,16H,1-3H3,(H,15,17). The van der Waals surface area contributed by atoms with Crippen molar-refractivity contribution in [1.82, 2.24) is 5.32 Å². The Morgan fingerprint density at radius 1 is 1.35 bits per heavy atom. The van der Waals surface area contributed by atoms with E-state index in [1.54, 1.807) is 0 Å². The van der Waals surface area contributed by atoms with E-state index in [2.05, 4.69) is 49.2 Å². The van der Waals surface area contributed by atoms with Crippen LogP contribution in [0.25, 0.3) is 0 Å². The topological polar surface area (TPSA) is 41.1 Å². The summed E-state index contributed by atoms with van der Waals surface area (Å²) < 4.78 is 2.12. The smallest absolute Gasteiger partial charge is 0.242 e. The Hall–Kier alpha value is -0.300. The van der Waals surface area contributed by atoms with Crippen LogP contribution in [-0.2, 0) is 4.79 Å². The zero-order chi connectivity index (χ0) is 13.0. The van der Waals surface area contributed by atoms with Crippen LogP contribution < -0.4 is 10.6 Å². The highest BCUT2D eigenvalue weighted by molar-refractivity contribution is 14.1. The van der Waals surface area contributed by atoms with Gasteiger partial charge in [-0.3, -0.25) is 4.79 Å². The van der Waals surface area contributed by atoms with Crippen molar-refractivity contribution in [1.29, 1.82) is 0 Å². The van der Waals surface area contributed by atoms with Crippen molar-refractivity contribution in [3.05, 3.63) is 26.2 Å². The van der Waals surface area contributed by atoms with Crippen LogP contribution in [0.15, 0.2) is 22.7 Å². The summed E-state index contributed by atoms with van der Waals surface area (Å²) in [6.45, 7) is 5.75. The van der Waals surface area contributed by atoms with E-state index in [1.807, 2.05) is 39.0 Å². The average Bonchev–Trinajstić information content (AvgIpc) is 2.21. The number of hydrogen-bond donors (Lipinski definition) is 2. The zero-order valence-electron chi connectivity index (χ0n) is 10.1. The van der Waals surface area contributed by atoms with Crippen molar-refractivity contribution in [2.45, 2.75) is 32.9 Å². The van der Waals surface area contributed by atoms with Crippen LogP contribution in [0.4, 0.5) is 5.69 Å². The van der Waals surface area contributed by atoms with E-state index in [0.717, 1.165) is 13.7 Å². The lowest BCUT2D eigenvalue weighted by Gasteiger charge is -2.18. The van der Waals surface area contributed by atoms with Gasteiger partial charge in [-0.15, -0.1) is 0 Å². The van der Waals surface area contributed by atoms with Gasteiger partial charge in [0.25, 0.3) is 0 Å². The predicted octanol–water partition coefficient (Wildman–Crippen LogP) is 3.38. The second kappa shape index (κ2) is 6.58. The maximum Gasteiger partial charge on any atom is 0.242 e. The maximum absolute atomic E-state index is 11.7. The molecule has 1 rings (SSSR count). The Kier molecular flexibility index (Phi) is 5.72. The van der Waals surface area contributed by atoms with Crippen molar-refractivity contribution in [2.75, 3.05) is 5.32 Å². The van der Waals surface area contributed by atoms with Crippen molar-refractivity contribution < 1.29 is 4.79 Å². The summed E-state index contributed by atoms with van der Waals surface area (Å²) in [7, 11) is 0. The molecule has 17 heavy (non-hydrogen) atoms. The molecule has 1 unspecified atom stereocenters. The van der Waals surface area contributed by atoms with E-state index in [-0.39, 0.29) is 18.0 Å². The number of benzene rings is 1. The Labute approximate surface area is 124 Å². The normalized spacial score (nSPS) is 12.4. The van der Waals surface area contributed by atoms with E-state index in [9.17, 15) is 4.79 Å². The molecule has 1 amide bonds. The number of rotatable bonds is 4. The van der Waals surface area contributed by atoms with Crippen LogP contribution in [0, 0.1) is 3.57 Å². The van der Waals surface area contributed by atoms with E-state index >= 15 is 0 Å². The van der Waals surface area contributed by atoms with Gasteiger partial charge in [-0.2, -0.15) is 0 Å². The van der Waals surface area contributed by atoms with Crippen molar-refractivity contribution >= 4 is 50.1 Å². The molecule has 0 radical (unpaired) electrons. The molecule has 0 spiro atoms. The van der Waals surface area contributed by atoms with Gasteiger partial charge in [0.2, 0.25) is 5.91 Å². The number of carbonyl (C=O) groups is 1. The Morgan fingerprint density at radius 2 is 2.00 bits per heavy atom. The Bertz CT molecular complexity index is 409. The molecule has 1 atom stereocenters. The molecule has 0 saturated heterocycles. The van der Waals surface area contributed by atoms with Gasteiger partial charge in [0, 0.05) is 19.8 Å². The minimum atomic E-state index is -0.256. The molecular formula is C12H16BrIN2O. The zero-order valence-corrected chi connectivity index (χ0v) is 13.8. The van der Waals surface area contributed by atoms with Gasteiger partial charge in [0.1, 0.15) is 6.04 Å². The molecular weight excluding hydrogens is 395 g/mol. The summed E-state index contributed by atoms with van der Waals surface area (Å²) in [5.41, 5.74) is 0.928.